The fourth-order valence-electron chi connectivity index (χ4n) is 1.71. The molecule has 0 bridgehead atoms. The fourth-order valence-corrected chi connectivity index (χ4v) is 1.71. The van der Waals surface area contributed by atoms with E-state index in [4.69, 9.17) is 0 Å². The van der Waals surface area contributed by atoms with Crippen LogP contribution in [0.3, 0.4) is 0 Å². The van der Waals surface area contributed by atoms with Crippen molar-refractivity contribution in [2.75, 3.05) is 0 Å². The third-order valence-electron chi connectivity index (χ3n) is 2.37. The number of rotatable bonds is 0. The van der Waals surface area contributed by atoms with Gasteiger partial charge in [-0.2, -0.15) is 0 Å². The van der Waals surface area contributed by atoms with Crippen LogP contribution >= 0.6 is 0 Å². The van der Waals surface area contributed by atoms with Crippen molar-refractivity contribution in [1.29, 1.82) is 0 Å². The Morgan fingerprint density at radius 1 is 1.67 bits per heavy atom. The molecule has 9 heavy (non-hydrogen) atoms. The zero-order valence-electron chi connectivity index (χ0n) is 5.65. The average molecular weight is 118 g/mol. The molecule has 0 radical (unpaired) electrons. The molecule has 2 aliphatic rings. The SMILES string of the molecule is CC1=CCC2C#CCC12. The normalized spacial score (nSPS) is 37.2. The van der Waals surface area contributed by atoms with E-state index >= 15 is 0 Å². The molecule has 0 heteroatoms. The second-order valence-electron chi connectivity index (χ2n) is 2.92. The molecule has 0 heterocycles. The minimum atomic E-state index is 0.699. The third-order valence-corrected chi connectivity index (χ3v) is 2.37. The summed E-state index contributed by atoms with van der Waals surface area (Å²) in [6, 6.07) is 0. The van der Waals surface area contributed by atoms with Crippen LogP contribution in [-0.2, 0) is 0 Å². The maximum atomic E-state index is 3.25. The maximum absolute atomic E-state index is 3.25. The average Bonchev–Trinajstić information content (AvgIpc) is 2.35. The second-order valence-corrected chi connectivity index (χ2v) is 2.92. The van der Waals surface area contributed by atoms with Crippen LogP contribution in [0.4, 0.5) is 0 Å². The smallest absolute Gasteiger partial charge is 0.0311 e. The molecule has 2 atom stereocenters. The van der Waals surface area contributed by atoms with Crippen LogP contribution < -0.4 is 0 Å². The summed E-state index contributed by atoms with van der Waals surface area (Å²) in [5.41, 5.74) is 1.55. The molecule has 46 valence electrons. The Bertz CT molecular complexity index is 212. The summed E-state index contributed by atoms with van der Waals surface area (Å²) in [7, 11) is 0. The highest BCUT2D eigenvalue weighted by Crippen LogP contribution is 2.36. The molecule has 0 fully saturated rings. The van der Waals surface area contributed by atoms with Crippen molar-refractivity contribution in [1.82, 2.24) is 0 Å². The number of hydrogen-bond donors (Lipinski definition) is 0. The number of allylic oxidation sites excluding steroid dienone is 2. The van der Waals surface area contributed by atoms with Gasteiger partial charge >= 0.3 is 0 Å². The van der Waals surface area contributed by atoms with E-state index in [1.807, 2.05) is 0 Å². The van der Waals surface area contributed by atoms with E-state index in [0.29, 0.717) is 5.92 Å². The standard InChI is InChI=1S/C9H10/c1-7-5-6-8-3-2-4-9(7)8/h5,8-9H,4,6H2,1H3. The van der Waals surface area contributed by atoms with E-state index in [2.05, 4.69) is 24.8 Å². The van der Waals surface area contributed by atoms with Crippen LogP contribution in [0.5, 0.6) is 0 Å². The van der Waals surface area contributed by atoms with Crippen LogP contribution in [0.15, 0.2) is 11.6 Å². The molecular formula is C9H10. The highest BCUT2D eigenvalue weighted by atomic mass is 14.3. The maximum Gasteiger partial charge on any atom is 0.0311 e. The second kappa shape index (κ2) is 1.64. The van der Waals surface area contributed by atoms with Crippen LogP contribution in [0.25, 0.3) is 0 Å². The summed E-state index contributed by atoms with van der Waals surface area (Å²) >= 11 is 0. The first kappa shape index (κ1) is 5.11. The van der Waals surface area contributed by atoms with Crippen LogP contribution in [0.2, 0.25) is 0 Å². The molecule has 2 unspecified atom stereocenters. The predicted molar refractivity (Wildman–Crippen MR) is 37.7 cm³/mol. The largest absolute Gasteiger partial charge is 0.102 e. The quantitative estimate of drug-likeness (QED) is 0.337. The molecule has 0 N–H and O–H groups in total. The molecule has 0 aliphatic heterocycles. The van der Waals surface area contributed by atoms with Gasteiger partial charge in [-0.3, -0.25) is 0 Å². The van der Waals surface area contributed by atoms with E-state index < -0.39 is 0 Å². The van der Waals surface area contributed by atoms with Gasteiger partial charge in [0.1, 0.15) is 0 Å². The highest BCUT2D eigenvalue weighted by Gasteiger charge is 2.27. The molecule has 0 saturated carbocycles. The number of hydrogen-bond acceptors (Lipinski definition) is 0. The molecule has 0 nitrogen and oxygen atoms in total. The van der Waals surface area contributed by atoms with Gasteiger partial charge in [-0.15, -0.1) is 5.92 Å². The van der Waals surface area contributed by atoms with E-state index in [0.717, 1.165) is 12.3 Å². The first-order chi connectivity index (χ1) is 4.38. The fraction of sp³-hybridized carbons (Fsp3) is 0.556. The van der Waals surface area contributed by atoms with E-state index in [1.54, 1.807) is 5.57 Å². The summed E-state index contributed by atoms with van der Waals surface area (Å²) in [5.74, 6) is 7.89. The van der Waals surface area contributed by atoms with E-state index in [-0.39, 0.29) is 0 Å². The Labute approximate surface area is 56.0 Å². The van der Waals surface area contributed by atoms with Crippen LogP contribution in [0, 0.1) is 23.7 Å². The van der Waals surface area contributed by atoms with Crippen LogP contribution in [-0.4, -0.2) is 0 Å². The van der Waals surface area contributed by atoms with E-state index in [1.165, 1.54) is 6.42 Å². The lowest BCUT2D eigenvalue weighted by Crippen LogP contribution is -2.02. The minimum Gasteiger partial charge on any atom is -0.102 e. The summed E-state index contributed by atoms with van der Waals surface area (Å²) in [6.45, 7) is 2.22. The Morgan fingerprint density at radius 2 is 2.56 bits per heavy atom. The Morgan fingerprint density at radius 3 is 3.33 bits per heavy atom. The summed E-state index contributed by atoms with van der Waals surface area (Å²) in [5, 5.41) is 0. The van der Waals surface area contributed by atoms with Gasteiger partial charge < -0.3 is 0 Å². The Kier molecular flexibility index (Phi) is 0.931. The van der Waals surface area contributed by atoms with Gasteiger partial charge in [-0.05, 0) is 13.3 Å². The zero-order chi connectivity index (χ0) is 6.27. The van der Waals surface area contributed by atoms with Gasteiger partial charge in [0.25, 0.3) is 0 Å². The first-order valence-electron chi connectivity index (χ1n) is 3.53. The van der Waals surface area contributed by atoms with Crippen molar-refractivity contribution < 1.29 is 0 Å². The van der Waals surface area contributed by atoms with Gasteiger partial charge in [0.15, 0.2) is 0 Å². The van der Waals surface area contributed by atoms with Crippen molar-refractivity contribution in [2.24, 2.45) is 11.8 Å². The van der Waals surface area contributed by atoms with Gasteiger partial charge in [0.2, 0.25) is 0 Å². The molecule has 0 saturated heterocycles. The van der Waals surface area contributed by atoms with Crippen molar-refractivity contribution in [2.45, 2.75) is 19.8 Å². The number of fused-ring (bicyclic) bond motifs is 1. The predicted octanol–water partition coefficient (Wildman–Crippen LogP) is 1.98. The van der Waals surface area contributed by atoms with Gasteiger partial charge in [0.05, 0.1) is 0 Å². The molecule has 0 aromatic rings. The summed E-state index contributed by atoms with van der Waals surface area (Å²) in [4.78, 5) is 0. The van der Waals surface area contributed by atoms with Gasteiger partial charge in [0, 0.05) is 18.3 Å². The van der Waals surface area contributed by atoms with E-state index in [9.17, 15) is 0 Å². The molecule has 0 amide bonds. The lowest BCUT2D eigenvalue weighted by Gasteiger charge is -2.07. The topological polar surface area (TPSA) is 0 Å². The van der Waals surface area contributed by atoms with Crippen LogP contribution in [0.1, 0.15) is 19.8 Å². The highest BCUT2D eigenvalue weighted by molar-refractivity contribution is 5.27. The first-order valence-corrected chi connectivity index (χ1v) is 3.53. The molecule has 2 rings (SSSR count). The molecule has 0 aromatic heterocycles. The summed E-state index contributed by atoms with van der Waals surface area (Å²) in [6.07, 6.45) is 4.67. The molecule has 0 aromatic carbocycles. The Balaban J connectivity index is 2.24. The third kappa shape index (κ3) is 0.612. The monoisotopic (exact) mass is 118 g/mol. The zero-order valence-corrected chi connectivity index (χ0v) is 5.65. The molecule has 2 aliphatic carbocycles. The van der Waals surface area contributed by atoms with Crippen molar-refractivity contribution >= 4 is 0 Å². The Hall–Kier alpha value is -0.700. The lowest BCUT2D eigenvalue weighted by molar-refractivity contribution is 0.540. The lowest BCUT2D eigenvalue weighted by atomic mass is 9.95. The molecule has 0 spiro atoms. The van der Waals surface area contributed by atoms with Gasteiger partial charge in [-0.1, -0.05) is 17.6 Å². The van der Waals surface area contributed by atoms with Crippen molar-refractivity contribution in [3.8, 4) is 11.8 Å². The van der Waals surface area contributed by atoms with Gasteiger partial charge in [-0.25, -0.2) is 0 Å². The summed E-state index contributed by atoms with van der Waals surface area (Å²) < 4.78 is 0. The molecular weight excluding hydrogens is 108 g/mol. The van der Waals surface area contributed by atoms with Crippen molar-refractivity contribution in [3.05, 3.63) is 11.6 Å². The van der Waals surface area contributed by atoms with Crippen molar-refractivity contribution in [3.63, 3.8) is 0 Å². The minimum absolute atomic E-state index is 0.699.